The van der Waals surface area contributed by atoms with Gasteiger partial charge in [-0.1, -0.05) is 38.2 Å². The molecule has 0 aromatic carbocycles. The van der Waals surface area contributed by atoms with Crippen molar-refractivity contribution in [3.05, 3.63) is 5.89 Å². The zero-order valence-electron chi connectivity index (χ0n) is 12.7. The third kappa shape index (κ3) is 4.38. The van der Waals surface area contributed by atoms with Gasteiger partial charge in [-0.05, 0) is 19.1 Å². The maximum Gasteiger partial charge on any atom is 0.315 e. The SMILES string of the molecule is CSC1(CNc2nnc(CNC(C)C)o2)CCCCC1. The summed E-state index contributed by atoms with van der Waals surface area (Å²) in [6.45, 7) is 5.73. The zero-order chi connectivity index (χ0) is 14.4. The van der Waals surface area contributed by atoms with Crippen molar-refractivity contribution in [3.8, 4) is 0 Å². The molecule has 1 saturated carbocycles. The highest BCUT2D eigenvalue weighted by molar-refractivity contribution is 8.00. The van der Waals surface area contributed by atoms with Crippen molar-refractivity contribution in [2.24, 2.45) is 0 Å². The van der Waals surface area contributed by atoms with Crippen LogP contribution in [-0.2, 0) is 6.54 Å². The van der Waals surface area contributed by atoms with E-state index in [9.17, 15) is 0 Å². The van der Waals surface area contributed by atoms with Crippen LogP contribution in [0.3, 0.4) is 0 Å². The van der Waals surface area contributed by atoms with Gasteiger partial charge in [0.05, 0.1) is 6.54 Å². The molecule has 5 nitrogen and oxygen atoms in total. The van der Waals surface area contributed by atoms with Crippen molar-refractivity contribution in [3.63, 3.8) is 0 Å². The molecule has 0 unspecified atom stereocenters. The molecule has 2 N–H and O–H groups in total. The van der Waals surface area contributed by atoms with Crippen molar-refractivity contribution >= 4 is 17.8 Å². The number of thioether (sulfide) groups is 1. The highest BCUT2D eigenvalue weighted by atomic mass is 32.2. The molecule has 114 valence electrons. The van der Waals surface area contributed by atoms with Crippen molar-refractivity contribution in [1.82, 2.24) is 15.5 Å². The lowest BCUT2D eigenvalue weighted by Gasteiger charge is -2.35. The molecular weight excluding hydrogens is 272 g/mol. The predicted octanol–water partition coefficient (Wildman–Crippen LogP) is 3.05. The molecule has 1 aliphatic rings. The van der Waals surface area contributed by atoms with Crippen LogP contribution >= 0.6 is 11.8 Å². The molecule has 1 heterocycles. The third-order valence-corrected chi connectivity index (χ3v) is 5.31. The van der Waals surface area contributed by atoms with E-state index < -0.39 is 0 Å². The Kier molecular flexibility index (Phi) is 5.72. The number of nitrogens with one attached hydrogen (secondary N) is 2. The van der Waals surface area contributed by atoms with E-state index >= 15 is 0 Å². The van der Waals surface area contributed by atoms with Gasteiger partial charge in [-0.25, -0.2) is 0 Å². The monoisotopic (exact) mass is 298 g/mol. The van der Waals surface area contributed by atoms with Crippen LogP contribution in [0.1, 0.15) is 51.8 Å². The maximum atomic E-state index is 5.61. The molecule has 1 aliphatic carbocycles. The van der Waals surface area contributed by atoms with E-state index in [4.69, 9.17) is 4.42 Å². The average Bonchev–Trinajstić information content (AvgIpc) is 2.92. The van der Waals surface area contributed by atoms with Crippen LogP contribution in [0.15, 0.2) is 4.42 Å². The van der Waals surface area contributed by atoms with Crippen LogP contribution in [0.25, 0.3) is 0 Å². The Balaban J connectivity index is 1.83. The summed E-state index contributed by atoms with van der Waals surface area (Å²) in [5.41, 5.74) is 0. The molecule has 1 aromatic rings. The van der Waals surface area contributed by atoms with E-state index in [-0.39, 0.29) is 0 Å². The Morgan fingerprint density at radius 1 is 1.25 bits per heavy atom. The third-order valence-electron chi connectivity index (χ3n) is 3.89. The topological polar surface area (TPSA) is 63.0 Å². The van der Waals surface area contributed by atoms with Crippen molar-refractivity contribution in [1.29, 1.82) is 0 Å². The van der Waals surface area contributed by atoms with Gasteiger partial charge in [0.25, 0.3) is 0 Å². The van der Waals surface area contributed by atoms with E-state index in [2.05, 4.69) is 40.9 Å². The summed E-state index contributed by atoms with van der Waals surface area (Å²) >= 11 is 1.97. The Morgan fingerprint density at radius 3 is 2.65 bits per heavy atom. The largest absolute Gasteiger partial charge is 0.407 e. The van der Waals surface area contributed by atoms with Crippen LogP contribution in [0.4, 0.5) is 6.01 Å². The Bertz CT molecular complexity index is 402. The summed E-state index contributed by atoms with van der Waals surface area (Å²) in [6, 6.07) is 0.963. The summed E-state index contributed by atoms with van der Waals surface area (Å²) in [5, 5.41) is 14.7. The Morgan fingerprint density at radius 2 is 2.00 bits per heavy atom. The van der Waals surface area contributed by atoms with Crippen molar-refractivity contribution in [2.75, 3.05) is 18.1 Å². The van der Waals surface area contributed by atoms with Crippen LogP contribution < -0.4 is 10.6 Å². The second-order valence-electron chi connectivity index (χ2n) is 5.84. The molecule has 0 atom stereocenters. The predicted molar refractivity (Wildman–Crippen MR) is 84.1 cm³/mol. The van der Waals surface area contributed by atoms with Crippen LogP contribution in [-0.4, -0.2) is 33.8 Å². The smallest absolute Gasteiger partial charge is 0.315 e. The van der Waals surface area contributed by atoms with Gasteiger partial charge in [-0.3, -0.25) is 0 Å². The van der Waals surface area contributed by atoms with E-state index in [1.54, 1.807) is 0 Å². The molecule has 0 amide bonds. The first kappa shape index (κ1) is 15.6. The van der Waals surface area contributed by atoms with Gasteiger partial charge in [0.1, 0.15) is 0 Å². The molecule has 2 rings (SSSR count). The van der Waals surface area contributed by atoms with E-state index in [1.165, 1.54) is 32.1 Å². The quantitative estimate of drug-likeness (QED) is 0.806. The van der Waals surface area contributed by atoms with Crippen LogP contribution in [0.2, 0.25) is 0 Å². The fourth-order valence-corrected chi connectivity index (χ4v) is 3.49. The molecule has 0 saturated heterocycles. The molecular formula is C14H26N4OS. The van der Waals surface area contributed by atoms with Crippen molar-refractivity contribution in [2.45, 2.75) is 63.3 Å². The first-order chi connectivity index (χ1) is 9.63. The lowest BCUT2D eigenvalue weighted by Crippen LogP contribution is -2.35. The first-order valence-corrected chi connectivity index (χ1v) is 8.71. The highest BCUT2D eigenvalue weighted by Gasteiger charge is 2.31. The molecule has 1 aromatic heterocycles. The minimum absolute atomic E-state index is 0.336. The van der Waals surface area contributed by atoms with E-state index in [1.807, 2.05) is 11.8 Å². The van der Waals surface area contributed by atoms with Crippen LogP contribution in [0.5, 0.6) is 0 Å². The summed E-state index contributed by atoms with van der Waals surface area (Å²) in [6.07, 6.45) is 8.78. The minimum atomic E-state index is 0.336. The van der Waals surface area contributed by atoms with Gasteiger partial charge in [0, 0.05) is 17.3 Å². The van der Waals surface area contributed by atoms with Gasteiger partial charge in [0.15, 0.2) is 0 Å². The normalized spacial score (nSPS) is 18.4. The number of nitrogens with zero attached hydrogens (tertiary/aromatic N) is 2. The number of anilines is 1. The average molecular weight is 298 g/mol. The molecule has 0 radical (unpaired) electrons. The van der Waals surface area contributed by atoms with Crippen LogP contribution in [0, 0.1) is 0 Å². The summed E-state index contributed by atoms with van der Waals surface area (Å²) in [7, 11) is 0. The lowest BCUT2D eigenvalue weighted by atomic mass is 9.88. The highest BCUT2D eigenvalue weighted by Crippen LogP contribution is 2.38. The fourth-order valence-electron chi connectivity index (χ4n) is 2.57. The van der Waals surface area contributed by atoms with Gasteiger partial charge in [-0.2, -0.15) is 11.8 Å². The maximum absolute atomic E-state index is 5.61. The van der Waals surface area contributed by atoms with Crippen molar-refractivity contribution < 1.29 is 4.42 Å². The second-order valence-corrected chi connectivity index (χ2v) is 7.11. The van der Waals surface area contributed by atoms with Gasteiger partial charge < -0.3 is 15.1 Å². The van der Waals surface area contributed by atoms with Gasteiger partial charge >= 0.3 is 6.01 Å². The fraction of sp³-hybridized carbons (Fsp3) is 0.857. The molecule has 1 fully saturated rings. The molecule has 6 heteroatoms. The van der Waals surface area contributed by atoms with E-state index in [0.29, 0.717) is 29.2 Å². The number of aromatic nitrogens is 2. The minimum Gasteiger partial charge on any atom is -0.407 e. The van der Waals surface area contributed by atoms with E-state index in [0.717, 1.165) is 6.54 Å². The summed E-state index contributed by atoms with van der Waals surface area (Å²) < 4.78 is 5.95. The number of hydrogen-bond donors (Lipinski definition) is 2. The molecule has 0 bridgehead atoms. The number of hydrogen-bond acceptors (Lipinski definition) is 6. The second kappa shape index (κ2) is 7.31. The Hall–Kier alpha value is -0.750. The van der Waals surface area contributed by atoms with Gasteiger partial charge in [-0.15, -0.1) is 5.10 Å². The summed E-state index contributed by atoms with van der Waals surface area (Å²) in [4.78, 5) is 0. The molecule has 20 heavy (non-hydrogen) atoms. The summed E-state index contributed by atoms with van der Waals surface area (Å²) in [5.74, 6) is 0.642. The number of rotatable bonds is 7. The van der Waals surface area contributed by atoms with Gasteiger partial charge in [0.2, 0.25) is 5.89 Å². The lowest BCUT2D eigenvalue weighted by molar-refractivity contribution is 0.405. The molecule has 0 aliphatic heterocycles. The Labute approximate surface area is 125 Å². The molecule has 0 spiro atoms. The standard InChI is InChI=1S/C14H26N4OS/c1-11(2)15-9-12-17-18-13(19-12)16-10-14(20-3)7-5-4-6-8-14/h11,15H,4-10H2,1-3H3,(H,16,18). The zero-order valence-corrected chi connectivity index (χ0v) is 13.6. The first-order valence-electron chi connectivity index (χ1n) is 7.48.